The zero-order chi connectivity index (χ0) is 25.1. The van der Waals surface area contributed by atoms with E-state index in [2.05, 4.69) is 4.98 Å². The molecule has 2 aromatic carbocycles. The smallest absolute Gasteiger partial charge is 0.274 e. The molecule has 36 heavy (non-hydrogen) atoms. The topological polar surface area (TPSA) is 94.8 Å². The second-order valence-corrected chi connectivity index (χ2v) is 11.1. The number of carbonyl (C=O) groups excluding carboxylic acids is 2. The summed E-state index contributed by atoms with van der Waals surface area (Å²) in [5.74, 6) is -0.757. The molecule has 0 bridgehead atoms. The Kier molecular flexibility index (Phi) is 5.74. The van der Waals surface area contributed by atoms with E-state index in [9.17, 15) is 14.0 Å². The Morgan fingerprint density at radius 1 is 1.28 bits per heavy atom. The van der Waals surface area contributed by atoms with Crippen LogP contribution in [0.2, 0.25) is 5.02 Å². The van der Waals surface area contributed by atoms with Crippen molar-refractivity contribution in [2.45, 2.75) is 51.2 Å². The molecule has 6 rings (SSSR count). The predicted molar refractivity (Wildman–Crippen MR) is 133 cm³/mol. The Morgan fingerprint density at radius 3 is 2.89 bits per heavy atom. The minimum Gasteiger partial charge on any atom is -0.464 e. The zero-order valence-corrected chi connectivity index (χ0v) is 20.9. The summed E-state index contributed by atoms with van der Waals surface area (Å²) < 4.78 is 25.7. The highest BCUT2D eigenvalue weighted by Gasteiger charge is 2.55. The molecule has 10 heteroatoms. The maximum atomic E-state index is 13.9. The first kappa shape index (κ1) is 23.4. The quantitative estimate of drug-likeness (QED) is 0.507. The largest absolute Gasteiger partial charge is 0.464 e. The highest BCUT2D eigenvalue weighted by Crippen LogP contribution is 2.50. The predicted octanol–water partition coefficient (Wildman–Crippen LogP) is 4.94. The number of ether oxygens (including phenoxy) is 2. The van der Waals surface area contributed by atoms with Gasteiger partial charge in [-0.05, 0) is 55.5 Å². The van der Waals surface area contributed by atoms with Crippen LogP contribution in [0.3, 0.4) is 0 Å². The first-order valence-electron chi connectivity index (χ1n) is 11.7. The molecule has 1 aliphatic carbocycles. The van der Waals surface area contributed by atoms with Gasteiger partial charge in [-0.3, -0.25) is 9.59 Å². The fraction of sp³-hybridized carbons (Fsp3) is 0.346. The van der Waals surface area contributed by atoms with Crippen molar-refractivity contribution < 1.29 is 23.5 Å². The Morgan fingerprint density at radius 2 is 2.11 bits per heavy atom. The van der Waals surface area contributed by atoms with Gasteiger partial charge in [0.15, 0.2) is 0 Å². The minimum atomic E-state index is -0.766. The molecule has 3 aromatic rings. The van der Waals surface area contributed by atoms with Crippen LogP contribution >= 0.6 is 22.9 Å². The summed E-state index contributed by atoms with van der Waals surface area (Å²) in [5.41, 5.74) is 7.17. The summed E-state index contributed by atoms with van der Waals surface area (Å²) in [6.07, 6.45) is 1.54. The molecule has 2 fully saturated rings. The number of hydrogen-bond donors (Lipinski definition) is 1. The number of nitrogens with two attached hydrogens (primary N) is 1. The highest BCUT2D eigenvalue weighted by atomic mass is 35.5. The van der Waals surface area contributed by atoms with E-state index in [0.717, 1.165) is 34.4 Å². The van der Waals surface area contributed by atoms with Gasteiger partial charge in [-0.25, -0.2) is 9.37 Å². The number of rotatable bonds is 5. The van der Waals surface area contributed by atoms with Crippen molar-refractivity contribution in [2.75, 3.05) is 0 Å². The summed E-state index contributed by atoms with van der Waals surface area (Å²) in [7, 11) is 0. The van der Waals surface area contributed by atoms with Crippen molar-refractivity contribution in [3.63, 3.8) is 0 Å². The number of thiazole rings is 1. The van der Waals surface area contributed by atoms with Crippen LogP contribution in [-0.4, -0.2) is 40.1 Å². The van der Waals surface area contributed by atoms with E-state index in [1.807, 2.05) is 30.0 Å². The fourth-order valence-electron chi connectivity index (χ4n) is 5.37. The van der Waals surface area contributed by atoms with Gasteiger partial charge < -0.3 is 20.1 Å². The molecular weight excluding hydrogens is 505 g/mol. The first-order chi connectivity index (χ1) is 17.3. The molecular formula is C26H23ClFN3O4S. The number of primary amides is 1. The number of halogens is 2. The highest BCUT2D eigenvalue weighted by molar-refractivity contribution is 7.15. The molecule has 3 heterocycles. The van der Waals surface area contributed by atoms with Crippen molar-refractivity contribution in [1.82, 2.24) is 9.88 Å². The van der Waals surface area contributed by atoms with Gasteiger partial charge in [-0.2, -0.15) is 0 Å². The average Bonchev–Trinajstić information content (AvgIpc) is 3.32. The van der Waals surface area contributed by atoms with E-state index in [0.29, 0.717) is 28.6 Å². The van der Waals surface area contributed by atoms with Gasteiger partial charge >= 0.3 is 0 Å². The number of fused-ring (bicyclic) bond motifs is 2. The summed E-state index contributed by atoms with van der Waals surface area (Å²) in [6.45, 7) is 1.98. The van der Waals surface area contributed by atoms with Gasteiger partial charge in [0.05, 0.1) is 22.1 Å². The molecule has 2 N–H and O–H groups in total. The molecule has 1 aromatic heterocycles. The van der Waals surface area contributed by atoms with E-state index in [-0.39, 0.29) is 35.9 Å². The van der Waals surface area contributed by atoms with Crippen molar-refractivity contribution in [2.24, 2.45) is 11.7 Å². The van der Waals surface area contributed by atoms with E-state index < -0.39 is 18.0 Å². The second-order valence-electron chi connectivity index (χ2n) is 9.49. The normalized spacial score (nSPS) is 24.1. The fourth-order valence-corrected chi connectivity index (χ4v) is 6.47. The van der Waals surface area contributed by atoms with Gasteiger partial charge in [-0.1, -0.05) is 23.7 Å². The first-order valence-corrected chi connectivity index (χ1v) is 12.9. The number of carbonyl (C=O) groups is 2. The molecule has 0 radical (unpaired) electrons. The van der Waals surface area contributed by atoms with Crippen LogP contribution in [0, 0.1) is 18.7 Å². The molecule has 4 atom stereocenters. The van der Waals surface area contributed by atoms with Crippen LogP contribution in [0.25, 0.3) is 10.4 Å². The average molecular weight is 528 g/mol. The van der Waals surface area contributed by atoms with Gasteiger partial charge in [0, 0.05) is 29.1 Å². The number of aromatic nitrogens is 1. The Bertz CT molecular complexity index is 1400. The summed E-state index contributed by atoms with van der Waals surface area (Å²) in [4.78, 5) is 33.0. The number of piperidine rings is 1. The third kappa shape index (κ3) is 4.15. The molecule has 2 amide bonds. The van der Waals surface area contributed by atoms with E-state index in [1.54, 1.807) is 6.07 Å². The van der Waals surface area contributed by atoms with E-state index in [4.69, 9.17) is 26.8 Å². The molecule has 1 unspecified atom stereocenters. The second kappa shape index (κ2) is 8.83. The van der Waals surface area contributed by atoms with Crippen LogP contribution < -0.4 is 10.5 Å². The summed E-state index contributed by atoms with van der Waals surface area (Å²) in [5, 5.41) is 1.40. The van der Waals surface area contributed by atoms with Crippen LogP contribution in [0.1, 0.15) is 50.7 Å². The van der Waals surface area contributed by atoms with Crippen molar-refractivity contribution in [3.8, 4) is 16.2 Å². The van der Waals surface area contributed by atoms with Crippen molar-refractivity contribution in [1.29, 1.82) is 0 Å². The number of nitrogens with zero attached hydrogens (tertiary/aromatic N) is 2. The number of benzene rings is 2. The summed E-state index contributed by atoms with van der Waals surface area (Å²) in [6, 6.07) is 9.84. The minimum absolute atomic E-state index is 0.00962. The van der Waals surface area contributed by atoms with E-state index in [1.165, 1.54) is 17.4 Å². The third-order valence-corrected chi connectivity index (χ3v) is 8.26. The molecule has 0 spiro atoms. The standard InChI is InChI=1S/C26H23ClFN3O4S/c1-12-30-22(24(36-12)13-3-2-4-16(27)5-13)26(33)31-18(7-14-8-20(14)31)10-21-34-11-15-6-17(28)9-19(25(29)32)23(15)35-21/h2-6,9,14,18,20-21H,7-8,10-11H2,1H3,(H2,29,32)/t14-,18+,20+,21?/m1/s1. The van der Waals surface area contributed by atoms with Crippen LogP contribution in [0.5, 0.6) is 5.75 Å². The zero-order valence-electron chi connectivity index (χ0n) is 19.4. The molecule has 1 saturated heterocycles. The van der Waals surface area contributed by atoms with Crippen molar-refractivity contribution in [3.05, 3.63) is 69.1 Å². The lowest BCUT2D eigenvalue weighted by Gasteiger charge is -2.33. The Balaban J connectivity index is 1.25. The van der Waals surface area contributed by atoms with Crippen molar-refractivity contribution >= 4 is 34.8 Å². The molecule has 1 saturated carbocycles. The van der Waals surface area contributed by atoms with E-state index >= 15 is 0 Å². The lowest BCUT2D eigenvalue weighted by atomic mass is 10.0. The van der Waals surface area contributed by atoms with Gasteiger partial charge in [0.25, 0.3) is 11.8 Å². The van der Waals surface area contributed by atoms with Crippen LogP contribution in [0.4, 0.5) is 4.39 Å². The molecule has 186 valence electrons. The lowest BCUT2D eigenvalue weighted by Crippen LogP contribution is -2.42. The SMILES string of the molecule is Cc1nc(C(=O)N2[C@H](CC3OCc4cc(F)cc(C(N)=O)c4O3)C[C@@H]3C[C@@H]32)c(-c2cccc(Cl)c2)s1. The van der Waals surface area contributed by atoms with Crippen LogP contribution in [-0.2, 0) is 11.3 Å². The molecule has 3 aliphatic rings. The maximum absolute atomic E-state index is 13.9. The number of amides is 2. The molecule has 2 aliphatic heterocycles. The Labute approximate surface area is 216 Å². The van der Waals surface area contributed by atoms with Gasteiger partial charge in [-0.15, -0.1) is 11.3 Å². The molecule has 7 nitrogen and oxygen atoms in total. The lowest BCUT2D eigenvalue weighted by molar-refractivity contribution is -0.119. The maximum Gasteiger partial charge on any atom is 0.274 e. The van der Waals surface area contributed by atoms with Gasteiger partial charge in [0.2, 0.25) is 6.29 Å². The van der Waals surface area contributed by atoms with Gasteiger partial charge in [0.1, 0.15) is 17.3 Å². The Hall–Kier alpha value is -3.01. The number of likely N-dealkylation sites (tertiary alicyclic amines) is 1. The van der Waals surface area contributed by atoms with Crippen LogP contribution in [0.15, 0.2) is 36.4 Å². The number of hydrogen-bond acceptors (Lipinski definition) is 6. The number of aryl methyl sites for hydroxylation is 1. The summed E-state index contributed by atoms with van der Waals surface area (Å²) >= 11 is 7.68. The third-order valence-electron chi connectivity index (χ3n) is 7.00. The monoisotopic (exact) mass is 527 g/mol.